The van der Waals surface area contributed by atoms with E-state index in [9.17, 15) is 8.78 Å². The quantitative estimate of drug-likeness (QED) is 0.844. The summed E-state index contributed by atoms with van der Waals surface area (Å²) in [5.41, 5.74) is 0.772. The van der Waals surface area contributed by atoms with E-state index >= 15 is 0 Å². The summed E-state index contributed by atoms with van der Waals surface area (Å²) < 4.78 is 27.2. The van der Waals surface area contributed by atoms with Crippen LogP contribution in [0.25, 0.3) is 0 Å². The van der Waals surface area contributed by atoms with Gasteiger partial charge < -0.3 is 5.32 Å². The highest BCUT2D eigenvalue weighted by Crippen LogP contribution is 2.33. The zero-order valence-corrected chi connectivity index (χ0v) is 10.6. The molecule has 2 unspecified atom stereocenters. The largest absolute Gasteiger partial charge is 0.307 e. The lowest BCUT2D eigenvalue weighted by Gasteiger charge is -2.21. The summed E-state index contributed by atoms with van der Waals surface area (Å²) in [5.74, 6) is 0.0387. The molecule has 1 aromatic rings. The normalized spacial score (nSPS) is 19.1. The number of benzene rings is 1. The number of nitrogens with one attached hydrogen (secondary N) is 1. The fourth-order valence-corrected chi connectivity index (χ4v) is 2.21. The van der Waals surface area contributed by atoms with E-state index < -0.39 is 0 Å². The van der Waals surface area contributed by atoms with Gasteiger partial charge in [-0.25, -0.2) is 8.78 Å². The maximum atomic E-state index is 13.7. The Kier molecular flexibility index (Phi) is 3.48. The van der Waals surface area contributed by atoms with Crippen molar-refractivity contribution in [3.63, 3.8) is 0 Å². The molecular formula is C14H19F2N. The highest BCUT2D eigenvalue weighted by atomic mass is 19.1. The van der Waals surface area contributed by atoms with Crippen LogP contribution in [0.2, 0.25) is 0 Å². The standard InChI is InChI=1S/C14H19F2N/c1-8-6-14(16)12(7-13(8)15)10(3)17-9(2)11-4-5-11/h6-7,9-11,17H,4-5H2,1-3H3. The van der Waals surface area contributed by atoms with E-state index in [0.29, 0.717) is 23.1 Å². The number of rotatable bonds is 4. The van der Waals surface area contributed by atoms with Gasteiger partial charge >= 0.3 is 0 Å². The van der Waals surface area contributed by atoms with Crippen LogP contribution in [0.3, 0.4) is 0 Å². The molecule has 1 aliphatic carbocycles. The second-order valence-corrected chi connectivity index (χ2v) is 5.14. The first-order valence-corrected chi connectivity index (χ1v) is 6.20. The first-order chi connectivity index (χ1) is 7.99. The molecule has 0 radical (unpaired) electrons. The van der Waals surface area contributed by atoms with Gasteiger partial charge in [0.15, 0.2) is 0 Å². The van der Waals surface area contributed by atoms with Gasteiger partial charge in [0, 0.05) is 17.6 Å². The van der Waals surface area contributed by atoms with Crippen LogP contribution >= 0.6 is 0 Å². The second kappa shape index (κ2) is 4.73. The lowest BCUT2D eigenvalue weighted by Crippen LogP contribution is -2.31. The van der Waals surface area contributed by atoms with E-state index in [2.05, 4.69) is 12.2 Å². The first kappa shape index (κ1) is 12.5. The minimum Gasteiger partial charge on any atom is -0.307 e. The highest BCUT2D eigenvalue weighted by molar-refractivity contribution is 5.27. The summed E-state index contributed by atoms with van der Waals surface area (Å²) in [6.45, 7) is 5.57. The van der Waals surface area contributed by atoms with Gasteiger partial charge in [0.2, 0.25) is 0 Å². The van der Waals surface area contributed by atoms with Gasteiger partial charge in [0.05, 0.1) is 0 Å². The van der Waals surface area contributed by atoms with Crippen LogP contribution in [-0.4, -0.2) is 6.04 Å². The van der Waals surface area contributed by atoms with Gasteiger partial charge in [0.1, 0.15) is 11.6 Å². The van der Waals surface area contributed by atoms with Crippen molar-refractivity contribution in [2.75, 3.05) is 0 Å². The number of hydrogen-bond donors (Lipinski definition) is 1. The monoisotopic (exact) mass is 239 g/mol. The molecule has 2 rings (SSSR count). The molecule has 2 atom stereocenters. The van der Waals surface area contributed by atoms with Crippen LogP contribution in [0.4, 0.5) is 8.78 Å². The topological polar surface area (TPSA) is 12.0 Å². The molecule has 3 heteroatoms. The van der Waals surface area contributed by atoms with Crippen molar-refractivity contribution in [2.24, 2.45) is 5.92 Å². The lowest BCUT2D eigenvalue weighted by atomic mass is 10.0. The summed E-state index contributed by atoms with van der Waals surface area (Å²) in [6, 6.07) is 2.79. The van der Waals surface area contributed by atoms with Crippen LogP contribution in [-0.2, 0) is 0 Å². The predicted molar refractivity (Wildman–Crippen MR) is 64.8 cm³/mol. The zero-order valence-electron chi connectivity index (χ0n) is 10.6. The lowest BCUT2D eigenvalue weighted by molar-refractivity contribution is 0.428. The van der Waals surface area contributed by atoms with E-state index in [4.69, 9.17) is 0 Å². The SMILES string of the molecule is Cc1cc(F)c(C(C)NC(C)C2CC2)cc1F. The molecule has 0 saturated heterocycles. The molecule has 1 aliphatic rings. The minimum atomic E-state index is -0.339. The molecule has 1 N–H and O–H groups in total. The van der Waals surface area contributed by atoms with Gasteiger partial charge in [-0.2, -0.15) is 0 Å². The number of hydrogen-bond acceptors (Lipinski definition) is 1. The summed E-state index contributed by atoms with van der Waals surface area (Å²) in [5, 5.41) is 3.34. The second-order valence-electron chi connectivity index (χ2n) is 5.14. The van der Waals surface area contributed by atoms with Gasteiger partial charge in [-0.3, -0.25) is 0 Å². The molecule has 0 spiro atoms. The van der Waals surface area contributed by atoms with E-state index in [1.54, 1.807) is 6.92 Å². The fraction of sp³-hybridized carbons (Fsp3) is 0.571. The van der Waals surface area contributed by atoms with Crippen LogP contribution in [0, 0.1) is 24.5 Å². The minimum absolute atomic E-state index is 0.152. The molecule has 1 saturated carbocycles. The van der Waals surface area contributed by atoms with Crippen molar-refractivity contribution >= 4 is 0 Å². The average molecular weight is 239 g/mol. The van der Waals surface area contributed by atoms with E-state index in [1.807, 2.05) is 6.92 Å². The molecule has 94 valence electrons. The van der Waals surface area contributed by atoms with Crippen molar-refractivity contribution in [1.29, 1.82) is 0 Å². The molecule has 0 aromatic heterocycles. The van der Waals surface area contributed by atoms with E-state index in [0.717, 1.165) is 0 Å². The van der Waals surface area contributed by atoms with Crippen molar-refractivity contribution in [3.8, 4) is 0 Å². The third-order valence-electron chi connectivity index (χ3n) is 3.59. The molecule has 1 nitrogen and oxygen atoms in total. The number of aryl methyl sites for hydroxylation is 1. The van der Waals surface area contributed by atoms with Crippen molar-refractivity contribution in [3.05, 3.63) is 34.9 Å². The Morgan fingerprint density at radius 3 is 2.41 bits per heavy atom. The Hall–Kier alpha value is -0.960. The van der Waals surface area contributed by atoms with Crippen LogP contribution in [0.5, 0.6) is 0 Å². The zero-order chi connectivity index (χ0) is 12.6. The third kappa shape index (κ3) is 2.83. The van der Waals surface area contributed by atoms with E-state index in [-0.39, 0.29) is 17.7 Å². The molecule has 0 heterocycles. The van der Waals surface area contributed by atoms with Gasteiger partial charge in [-0.15, -0.1) is 0 Å². The Morgan fingerprint density at radius 2 is 1.82 bits per heavy atom. The summed E-state index contributed by atoms with van der Waals surface area (Å²) in [4.78, 5) is 0. The molecule has 1 fully saturated rings. The predicted octanol–water partition coefficient (Wildman–Crippen LogP) is 3.72. The molecule has 0 bridgehead atoms. The maximum absolute atomic E-state index is 13.7. The van der Waals surface area contributed by atoms with Gasteiger partial charge in [0.25, 0.3) is 0 Å². The van der Waals surface area contributed by atoms with Gasteiger partial charge in [-0.05, 0) is 57.2 Å². The van der Waals surface area contributed by atoms with Crippen molar-refractivity contribution in [2.45, 2.75) is 45.7 Å². The smallest absolute Gasteiger partial charge is 0.128 e. The van der Waals surface area contributed by atoms with Crippen LogP contribution in [0.15, 0.2) is 12.1 Å². The Labute approximate surface area is 101 Å². The van der Waals surface area contributed by atoms with Crippen LogP contribution < -0.4 is 5.32 Å². The van der Waals surface area contributed by atoms with Crippen molar-refractivity contribution in [1.82, 2.24) is 5.32 Å². The Balaban J connectivity index is 2.12. The maximum Gasteiger partial charge on any atom is 0.128 e. The summed E-state index contributed by atoms with van der Waals surface area (Å²) in [6.07, 6.45) is 2.48. The molecule has 0 aliphatic heterocycles. The van der Waals surface area contributed by atoms with E-state index in [1.165, 1.54) is 25.0 Å². The highest BCUT2D eigenvalue weighted by Gasteiger charge is 2.29. The first-order valence-electron chi connectivity index (χ1n) is 6.20. The molecule has 1 aromatic carbocycles. The van der Waals surface area contributed by atoms with Crippen LogP contribution in [0.1, 0.15) is 43.9 Å². The molecular weight excluding hydrogens is 220 g/mol. The van der Waals surface area contributed by atoms with Crippen molar-refractivity contribution < 1.29 is 8.78 Å². The average Bonchev–Trinajstić information content (AvgIpc) is 3.06. The number of halogens is 2. The Morgan fingerprint density at radius 1 is 1.18 bits per heavy atom. The summed E-state index contributed by atoms with van der Waals surface area (Å²) in [7, 11) is 0. The summed E-state index contributed by atoms with van der Waals surface area (Å²) >= 11 is 0. The van der Waals surface area contributed by atoms with Gasteiger partial charge in [-0.1, -0.05) is 0 Å². The molecule has 0 amide bonds. The fourth-order valence-electron chi connectivity index (χ4n) is 2.21. The third-order valence-corrected chi connectivity index (χ3v) is 3.59. The molecule has 17 heavy (non-hydrogen) atoms. The Bertz CT molecular complexity index is 413.